The zero-order valence-electron chi connectivity index (χ0n) is 14.8. The van der Waals surface area contributed by atoms with Gasteiger partial charge in [-0.2, -0.15) is 0 Å². The zero-order chi connectivity index (χ0) is 15.3. The number of hydrogen-bond acceptors (Lipinski definition) is 2. The van der Waals surface area contributed by atoms with Crippen LogP contribution in [0.4, 0.5) is 0 Å². The van der Waals surface area contributed by atoms with Gasteiger partial charge < -0.3 is 10.1 Å². The molecule has 2 heteroatoms. The molecule has 0 spiro atoms. The molecular formula is C19H37NO. The van der Waals surface area contributed by atoms with E-state index in [9.17, 15) is 0 Å². The molecule has 1 N–H and O–H groups in total. The Balaban J connectivity index is 1.81. The van der Waals surface area contributed by atoms with Crippen molar-refractivity contribution < 1.29 is 4.74 Å². The van der Waals surface area contributed by atoms with Crippen molar-refractivity contribution >= 4 is 0 Å². The fraction of sp³-hybridized carbons (Fsp3) is 1.00. The van der Waals surface area contributed by atoms with Crippen molar-refractivity contribution in [1.29, 1.82) is 0 Å². The molecule has 1 heterocycles. The SMILES string of the molecule is CCNC1CCC(C(C)(C)C)CC1CCCC1CCCO1. The highest BCUT2D eigenvalue weighted by Crippen LogP contribution is 2.42. The number of ether oxygens (including phenoxy) is 1. The first-order valence-electron chi connectivity index (χ1n) is 9.35. The minimum atomic E-state index is 0.476. The van der Waals surface area contributed by atoms with Gasteiger partial charge in [-0.3, -0.25) is 0 Å². The van der Waals surface area contributed by atoms with Gasteiger partial charge in [0.2, 0.25) is 0 Å². The smallest absolute Gasteiger partial charge is 0.0576 e. The fourth-order valence-electron chi connectivity index (χ4n) is 4.38. The Morgan fingerprint density at radius 2 is 1.90 bits per heavy atom. The van der Waals surface area contributed by atoms with Crippen LogP contribution in [0.15, 0.2) is 0 Å². The first-order chi connectivity index (χ1) is 10.0. The van der Waals surface area contributed by atoms with Gasteiger partial charge in [0.25, 0.3) is 0 Å². The lowest BCUT2D eigenvalue weighted by atomic mass is 9.66. The van der Waals surface area contributed by atoms with Gasteiger partial charge in [0.1, 0.15) is 0 Å². The highest BCUT2D eigenvalue weighted by atomic mass is 16.5. The van der Waals surface area contributed by atoms with Crippen LogP contribution < -0.4 is 5.32 Å². The predicted molar refractivity (Wildman–Crippen MR) is 90.6 cm³/mol. The van der Waals surface area contributed by atoms with Crippen LogP contribution in [0, 0.1) is 17.3 Å². The third kappa shape index (κ3) is 5.25. The lowest BCUT2D eigenvalue weighted by molar-refractivity contribution is 0.0884. The van der Waals surface area contributed by atoms with E-state index in [1.54, 1.807) is 0 Å². The minimum Gasteiger partial charge on any atom is -0.378 e. The second-order valence-corrected chi connectivity index (χ2v) is 8.37. The summed E-state index contributed by atoms with van der Waals surface area (Å²) in [5.74, 6) is 1.78. The van der Waals surface area contributed by atoms with Crippen LogP contribution in [-0.2, 0) is 4.74 Å². The Morgan fingerprint density at radius 1 is 1.10 bits per heavy atom. The van der Waals surface area contributed by atoms with Gasteiger partial charge in [-0.1, -0.05) is 34.1 Å². The van der Waals surface area contributed by atoms with Gasteiger partial charge in [0, 0.05) is 12.6 Å². The molecule has 4 atom stereocenters. The highest BCUT2D eigenvalue weighted by molar-refractivity contribution is 4.89. The van der Waals surface area contributed by atoms with E-state index in [4.69, 9.17) is 4.74 Å². The molecule has 0 aromatic heterocycles. The predicted octanol–water partition coefficient (Wildman–Crippen LogP) is 4.78. The van der Waals surface area contributed by atoms with E-state index in [0.717, 1.165) is 31.0 Å². The summed E-state index contributed by atoms with van der Waals surface area (Å²) in [6.45, 7) is 11.6. The molecule has 1 saturated heterocycles. The molecule has 1 aliphatic heterocycles. The standard InChI is InChI=1S/C19H37NO/c1-5-20-18-12-11-16(19(2,3)4)14-15(18)8-6-9-17-10-7-13-21-17/h15-18,20H,5-14H2,1-4H3. The van der Waals surface area contributed by atoms with Crippen LogP contribution in [0.2, 0.25) is 0 Å². The van der Waals surface area contributed by atoms with Crippen LogP contribution in [-0.4, -0.2) is 25.3 Å². The van der Waals surface area contributed by atoms with Crippen molar-refractivity contribution in [3.8, 4) is 0 Å². The molecule has 4 unspecified atom stereocenters. The van der Waals surface area contributed by atoms with Crippen molar-refractivity contribution in [1.82, 2.24) is 5.32 Å². The first-order valence-corrected chi connectivity index (χ1v) is 9.35. The van der Waals surface area contributed by atoms with Gasteiger partial charge >= 0.3 is 0 Å². The van der Waals surface area contributed by atoms with Gasteiger partial charge in [0.05, 0.1) is 6.10 Å². The van der Waals surface area contributed by atoms with E-state index in [2.05, 4.69) is 33.0 Å². The monoisotopic (exact) mass is 295 g/mol. The van der Waals surface area contributed by atoms with Crippen LogP contribution >= 0.6 is 0 Å². The molecule has 1 aliphatic carbocycles. The topological polar surface area (TPSA) is 21.3 Å². The molecule has 0 aromatic rings. The Morgan fingerprint density at radius 3 is 2.52 bits per heavy atom. The molecule has 0 bridgehead atoms. The maximum absolute atomic E-state index is 5.78. The maximum Gasteiger partial charge on any atom is 0.0576 e. The second-order valence-electron chi connectivity index (χ2n) is 8.37. The van der Waals surface area contributed by atoms with E-state index in [0.29, 0.717) is 11.5 Å². The Labute approximate surface area is 132 Å². The van der Waals surface area contributed by atoms with Gasteiger partial charge in [-0.15, -0.1) is 0 Å². The average molecular weight is 296 g/mol. The fourth-order valence-corrected chi connectivity index (χ4v) is 4.38. The molecule has 124 valence electrons. The summed E-state index contributed by atoms with van der Waals surface area (Å²) in [4.78, 5) is 0. The number of nitrogens with one attached hydrogen (secondary N) is 1. The van der Waals surface area contributed by atoms with Crippen LogP contribution in [0.25, 0.3) is 0 Å². The third-order valence-electron chi connectivity index (χ3n) is 5.80. The van der Waals surface area contributed by atoms with Crippen LogP contribution in [0.5, 0.6) is 0 Å². The van der Waals surface area contributed by atoms with E-state index >= 15 is 0 Å². The third-order valence-corrected chi connectivity index (χ3v) is 5.80. The molecule has 0 radical (unpaired) electrons. The second kappa shape index (κ2) is 7.97. The molecule has 2 aliphatic rings. The van der Waals surface area contributed by atoms with Gasteiger partial charge in [-0.05, 0) is 68.7 Å². The van der Waals surface area contributed by atoms with E-state index in [1.807, 2.05) is 0 Å². The van der Waals surface area contributed by atoms with E-state index in [-0.39, 0.29) is 0 Å². The quantitative estimate of drug-likeness (QED) is 0.761. The molecule has 2 nitrogen and oxygen atoms in total. The average Bonchev–Trinajstić information content (AvgIpc) is 2.93. The van der Waals surface area contributed by atoms with Crippen molar-refractivity contribution in [2.24, 2.45) is 17.3 Å². The van der Waals surface area contributed by atoms with Gasteiger partial charge in [0.15, 0.2) is 0 Å². The maximum atomic E-state index is 5.78. The zero-order valence-corrected chi connectivity index (χ0v) is 14.8. The number of hydrogen-bond donors (Lipinski definition) is 1. The van der Waals surface area contributed by atoms with Crippen molar-refractivity contribution in [2.75, 3.05) is 13.2 Å². The molecule has 2 rings (SSSR count). The minimum absolute atomic E-state index is 0.476. The molecule has 21 heavy (non-hydrogen) atoms. The van der Waals surface area contributed by atoms with Crippen molar-refractivity contribution in [2.45, 2.75) is 91.2 Å². The van der Waals surface area contributed by atoms with Crippen molar-refractivity contribution in [3.05, 3.63) is 0 Å². The summed E-state index contributed by atoms with van der Waals surface area (Å²) in [5, 5.41) is 3.75. The molecule has 0 aromatic carbocycles. The molecule has 2 fully saturated rings. The van der Waals surface area contributed by atoms with E-state index < -0.39 is 0 Å². The number of rotatable bonds is 6. The molecule has 1 saturated carbocycles. The molecular weight excluding hydrogens is 258 g/mol. The lowest BCUT2D eigenvalue weighted by Crippen LogP contribution is -2.43. The summed E-state index contributed by atoms with van der Waals surface area (Å²) >= 11 is 0. The summed E-state index contributed by atoms with van der Waals surface area (Å²) in [6.07, 6.45) is 11.4. The largest absolute Gasteiger partial charge is 0.378 e. The summed E-state index contributed by atoms with van der Waals surface area (Å²) < 4.78 is 5.78. The van der Waals surface area contributed by atoms with Crippen LogP contribution in [0.1, 0.15) is 79.1 Å². The van der Waals surface area contributed by atoms with E-state index in [1.165, 1.54) is 51.4 Å². The highest BCUT2D eigenvalue weighted by Gasteiger charge is 2.35. The molecule has 0 amide bonds. The normalized spacial score (nSPS) is 34.3. The Bertz CT molecular complexity index is 290. The first kappa shape index (κ1) is 17.3. The Hall–Kier alpha value is -0.0800. The van der Waals surface area contributed by atoms with Crippen LogP contribution in [0.3, 0.4) is 0 Å². The lowest BCUT2D eigenvalue weighted by Gasteiger charge is -2.42. The van der Waals surface area contributed by atoms with Gasteiger partial charge in [-0.25, -0.2) is 0 Å². The summed E-state index contributed by atoms with van der Waals surface area (Å²) in [6, 6.07) is 0.762. The summed E-state index contributed by atoms with van der Waals surface area (Å²) in [5.41, 5.74) is 0.476. The summed E-state index contributed by atoms with van der Waals surface area (Å²) in [7, 11) is 0. The van der Waals surface area contributed by atoms with Crippen molar-refractivity contribution in [3.63, 3.8) is 0 Å². The Kier molecular flexibility index (Phi) is 6.55.